The third-order valence-electron chi connectivity index (χ3n) is 8.15. The van der Waals surface area contributed by atoms with Crippen molar-refractivity contribution in [3.05, 3.63) is 94.0 Å². The van der Waals surface area contributed by atoms with E-state index in [1.54, 1.807) is 12.4 Å². The summed E-state index contributed by atoms with van der Waals surface area (Å²) in [5.41, 5.74) is 7.33. The molecule has 4 nitrogen and oxygen atoms in total. The molecular formula is C36H42N2O2. The molecule has 0 amide bonds. The van der Waals surface area contributed by atoms with Crippen LogP contribution in [0.2, 0.25) is 0 Å². The van der Waals surface area contributed by atoms with Crippen molar-refractivity contribution in [2.45, 2.75) is 79.1 Å². The van der Waals surface area contributed by atoms with Gasteiger partial charge in [-0.05, 0) is 89.4 Å². The second kappa shape index (κ2) is 13.0. The van der Waals surface area contributed by atoms with Crippen molar-refractivity contribution < 1.29 is 10.2 Å². The molecule has 208 valence electrons. The van der Waals surface area contributed by atoms with Crippen molar-refractivity contribution in [1.29, 1.82) is 0 Å². The lowest BCUT2D eigenvalue weighted by atomic mass is 9.93. The lowest BCUT2D eigenvalue weighted by molar-refractivity contribution is 0.467. The number of hydrogen-bond acceptors (Lipinski definition) is 4. The normalized spacial score (nSPS) is 13.4. The highest BCUT2D eigenvalue weighted by molar-refractivity contribution is 6.04. The molecule has 0 radical (unpaired) electrons. The van der Waals surface area contributed by atoms with Gasteiger partial charge in [0.1, 0.15) is 11.5 Å². The maximum Gasteiger partial charge on any atom is 0.127 e. The molecular weight excluding hydrogens is 492 g/mol. The van der Waals surface area contributed by atoms with Gasteiger partial charge in [0, 0.05) is 28.9 Å². The first-order valence-corrected chi connectivity index (χ1v) is 14.6. The van der Waals surface area contributed by atoms with Crippen LogP contribution in [-0.2, 0) is 12.8 Å². The molecule has 0 bridgehead atoms. The van der Waals surface area contributed by atoms with Crippen molar-refractivity contribution >= 4 is 34.6 Å². The van der Waals surface area contributed by atoms with Gasteiger partial charge in [-0.25, -0.2) is 0 Å². The van der Waals surface area contributed by atoms with Gasteiger partial charge >= 0.3 is 0 Å². The summed E-state index contributed by atoms with van der Waals surface area (Å²) in [5, 5.41) is 23.8. The Labute approximate surface area is 239 Å². The van der Waals surface area contributed by atoms with Crippen LogP contribution in [-0.4, -0.2) is 22.6 Å². The number of rotatable bonds is 10. The van der Waals surface area contributed by atoms with Crippen LogP contribution in [0.3, 0.4) is 0 Å². The van der Waals surface area contributed by atoms with E-state index in [9.17, 15) is 10.2 Å². The summed E-state index contributed by atoms with van der Waals surface area (Å²) in [6.45, 7) is 12.9. The van der Waals surface area contributed by atoms with E-state index in [1.807, 2.05) is 24.3 Å². The van der Waals surface area contributed by atoms with Crippen LogP contribution in [0, 0.1) is 0 Å². The van der Waals surface area contributed by atoms with E-state index in [0.29, 0.717) is 23.3 Å². The molecule has 0 aliphatic rings. The van der Waals surface area contributed by atoms with E-state index < -0.39 is 0 Å². The van der Waals surface area contributed by atoms with Gasteiger partial charge in [0.15, 0.2) is 0 Å². The van der Waals surface area contributed by atoms with Crippen molar-refractivity contribution in [3.8, 4) is 11.5 Å². The average molecular weight is 535 g/mol. The minimum Gasteiger partial charge on any atom is -0.507 e. The number of nitrogens with zero attached hydrogens (tertiary/aromatic N) is 2. The molecule has 0 fully saturated rings. The van der Waals surface area contributed by atoms with Gasteiger partial charge in [0.2, 0.25) is 0 Å². The first kappa shape index (κ1) is 29.1. The molecule has 4 aromatic rings. The predicted octanol–water partition coefficient (Wildman–Crippen LogP) is 9.90. The molecule has 0 aliphatic carbocycles. The highest BCUT2D eigenvalue weighted by atomic mass is 16.3. The third kappa shape index (κ3) is 6.12. The maximum atomic E-state index is 10.9. The van der Waals surface area contributed by atoms with E-state index in [-0.39, 0.29) is 0 Å². The van der Waals surface area contributed by atoms with Gasteiger partial charge < -0.3 is 10.2 Å². The fourth-order valence-electron chi connectivity index (χ4n) is 5.06. The van der Waals surface area contributed by atoms with Gasteiger partial charge in [-0.15, -0.1) is 0 Å². The number of phenols is 2. The van der Waals surface area contributed by atoms with Gasteiger partial charge in [0.05, 0.1) is 11.4 Å². The first-order chi connectivity index (χ1) is 19.3. The Morgan fingerprint density at radius 2 is 1.07 bits per heavy atom. The highest BCUT2D eigenvalue weighted by Crippen LogP contribution is 2.36. The fourth-order valence-corrected chi connectivity index (χ4v) is 5.06. The summed E-state index contributed by atoms with van der Waals surface area (Å²) >= 11 is 0. The Morgan fingerprint density at radius 1 is 0.650 bits per heavy atom. The molecule has 0 saturated heterocycles. The Kier molecular flexibility index (Phi) is 9.42. The molecule has 2 atom stereocenters. The fraction of sp³-hybridized carbons (Fsp3) is 0.333. The molecule has 4 aromatic carbocycles. The van der Waals surface area contributed by atoms with Crippen LogP contribution in [0.25, 0.3) is 10.8 Å². The topological polar surface area (TPSA) is 65.2 Å². The largest absolute Gasteiger partial charge is 0.507 e. The van der Waals surface area contributed by atoms with Crippen LogP contribution in [0.15, 0.2) is 70.6 Å². The number of phenolic OH excluding ortho intramolecular Hbond substituents is 2. The van der Waals surface area contributed by atoms with Crippen LogP contribution in [0.5, 0.6) is 11.5 Å². The van der Waals surface area contributed by atoms with Crippen molar-refractivity contribution in [2.24, 2.45) is 9.98 Å². The predicted molar refractivity (Wildman–Crippen MR) is 171 cm³/mol. The van der Waals surface area contributed by atoms with Crippen LogP contribution < -0.4 is 0 Å². The Hall–Kier alpha value is -3.92. The third-order valence-corrected chi connectivity index (χ3v) is 8.15. The zero-order chi connectivity index (χ0) is 28.8. The molecule has 4 rings (SSSR count). The summed E-state index contributed by atoms with van der Waals surface area (Å²) in [6, 6.07) is 20.4. The molecule has 2 N–H and O–H groups in total. The molecule has 0 aromatic heterocycles. The second-order valence-electron chi connectivity index (χ2n) is 10.7. The Bertz CT molecular complexity index is 1440. The maximum absolute atomic E-state index is 10.9. The first-order valence-electron chi connectivity index (χ1n) is 14.6. The molecule has 2 unspecified atom stereocenters. The van der Waals surface area contributed by atoms with Crippen LogP contribution in [0.1, 0.15) is 99.6 Å². The average Bonchev–Trinajstić information content (AvgIpc) is 2.98. The van der Waals surface area contributed by atoms with E-state index in [4.69, 9.17) is 9.98 Å². The molecule has 0 saturated carbocycles. The number of aliphatic imine (C=N–C) groups is 2. The van der Waals surface area contributed by atoms with Gasteiger partial charge in [-0.2, -0.15) is 0 Å². The Morgan fingerprint density at radius 3 is 1.45 bits per heavy atom. The summed E-state index contributed by atoms with van der Waals surface area (Å²) in [7, 11) is 0. The minimum absolute atomic E-state index is 0.292. The van der Waals surface area contributed by atoms with Gasteiger partial charge in [-0.3, -0.25) is 9.98 Å². The monoisotopic (exact) mass is 534 g/mol. The summed E-state index contributed by atoms with van der Waals surface area (Å²) < 4.78 is 0. The smallest absolute Gasteiger partial charge is 0.127 e. The Balaban J connectivity index is 1.79. The zero-order valence-corrected chi connectivity index (χ0v) is 24.7. The molecule has 0 aliphatic heterocycles. The molecule has 0 heterocycles. The number of benzene rings is 4. The summed E-state index contributed by atoms with van der Waals surface area (Å²) in [4.78, 5) is 9.74. The lowest BCUT2D eigenvalue weighted by Gasteiger charge is -2.14. The summed E-state index contributed by atoms with van der Waals surface area (Å²) in [5.74, 6) is 1.39. The van der Waals surface area contributed by atoms with Crippen molar-refractivity contribution in [2.75, 3.05) is 0 Å². The quantitative estimate of drug-likeness (QED) is 0.199. The minimum atomic E-state index is 0.292. The molecule has 40 heavy (non-hydrogen) atoms. The number of aromatic hydroxyl groups is 2. The van der Waals surface area contributed by atoms with Crippen LogP contribution in [0.4, 0.5) is 11.4 Å². The van der Waals surface area contributed by atoms with Crippen LogP contribution >= 0.6 is 0 Å². The lowest BCUT2D eigenvalue weighted by Crippen LogP contribution is -1.97. The number of fused-ring (bicyclic) bond motifs is 1. The van der Waals surface area contributed by atoms with E-state index >= 15 is 0 Å². The SMILES string of the molecule is CCc1cc(C(C)CC)cc(C=Nc2cccc3cccc(N=Cc4cc(C(C)CC)cc(CC)c4O)c23)c1O. The van der Waals surface area contributed by atoms with Crippen molar-refractivity contribution in [3.63, 3.8) is 0 Å². The highest BCUT2D eigenvalue weighted by Gasteiger charge is 2.13. The molecule has 4 heteroatoms. The summed E-state index contributed by atoms with van der Waals surface area (Å²) in [6.07, 6.45) is 7.12. The van der Waals surface area contributed by atoms with Gasteiger partial charge in [0.25, 0.3) is 0 Å². The van der Waals surface area contributed by atoms with E-state index in [1.165, 1.54) is 11.1 Å². The van der Waals surface area contributed by atoms with Crippen molar-refractivity contribution in [1.82, 2.24) is 0 Å². The van der Waals surface area contributed by atoms with Gasteiger partial charge in [-0.1, -0.05) is 77.9 Å². The molecule has 0 spiro atoms. The van der Waals surface area contributed by atoms with E-state index in [0.717, 1.165) is 70.1 Å². The number of hydrogen-bond donors (Lipinski definition) is 2. The number of aryl methyl sites for hydroxylation is 2. The standard InChI is InChI=1S/C36H42N2O2/c1-7-23(5)28-17-25(9-3)35(39)30(19-28)21-37-32-15-11-13-27-14-12-16-33(34(27)32)38-22-31-20-29(24(6)8-2)18-26(10-4)36(31)40/h11-24,39-40H,7-10H2,1-6H3. The van der Waals surface area contributed by atoms with E-state index in [2.05, 4.69) is 77.9 Å². The second-order valence-corrected chi connectivity index (χ2v) is 10.7. The zero-order valence-electron chi connectivity index (χ0n) is 24.7.